The summed E-state index contributed by atoms with van der Waals surface area (Å²) < 4.78 is 1.06. The van der Waals surface area contributed by atoms with Crippen LogP contribution in [0, 0.1) is 9.54 Å². The van der Waals surface area contributed by atoms with Crippen LogP contribution in [0.5, 0.6) is 0 Å². The molecule has 0 spiro atoms. The van der Waals surface area contributed by atoms with Gasteiger partial charge in [-0.25, -0.2) is 29.9 Å². The number of aromatic amines is 2. The normalized spacial score (nSPS) is 7.47. The highest BCUT2D eigenvalue weighted by Gasteiger charge is 1.99. The van der Waals surface area contributed by atoms with E-state index in [0.717, 1.165) is 0 Å². The molecule has 0 aliphatic rings. The maximum atomic E-state index is 4.65. The first-order valence-corrected chi connectivity index (χ1v) is 14.6. The van der Waals surface area contributed by atoms with Crippen molar-refractivity contribution < 1.29 is 0 Å². The summed E-state index contributed by atoms with van der Waals surface area (Å²) in [7, 11) is 2.89. The third-order valence-electron chi connectivity index (χ3n) is 2.44. The predicted octanol–water partition coefficient (Wildman–Crippen LogP) is 9.72. The van der Waals surface area contributed by atoms with E-state index >= 15 is 0 Å². The van der Waals surface area contributed by atoms with E-state index in [2.05, 4.69) is 64.3 Å². The lowest BCUT2D eigenvalue weighted by Crippen LogP contribution is -1.83. The second-order valence-electron chi connectivity index (χ2n) is 4.40. The molecule has 4 rings (SSSR count). The number of hydrogen-bond acceptors (Lipinski definition) is 10. The predicted molar refractivity (Wildman–Crippen MR) is 173 cm³/mol. The molecule has 0 unspecified atom stereocenters. The molecule has 0 aliphatic heterocycles. The minimum absolute atomic E-state index is 0. The van der Waals surface area contributed by atoms with E-state index in [1.165, 1.54) is 21.6 Å². The number of hydrogen-bond donors (Lipinski definition) is 2. The first-order chi connectivity index (χ1) is 17.7. The third kappa shape index (κ3) is 29.7. The molecule has 12 heteroatoms. The number of nitrogens with zero attached hydrogens (tertiary/aromatic N) is 6. The monoisotopic (exact) mass is 598 g/mol. The summed E-state index contributed by atoms with van der Waals surface area (Å²) in [6.45, 7) is 16.0. The van der Waals surface area contributed by atoms with Gasteiger partial charge in [0.15, 0.2) is 19.9 Å². The van der Waals surface area contributed by atoms with Crippen molar-refractivity contribution in [3.63, 3.8) is 0 Å². The van der Waals surface area contributed by atoms with Crippen molar-refractivity contribution in [1.29, 1.82) is 0 Å². The second kappa shape index (κ2) is 39.0. The quantitative estimate of drug-likeness (QED) is 0.134. The molecule has 4 aromatic rings. The fourth-order valence-electron chi connectivity index (χ4n) is 1.35. The van der Waals surface area contributed by atoms with Gasteiger partial charge in [-0.05, 0) is 70.3 Å². The van der Waals surface area contributed by atoms with E-state index in [1.807, 2.05) is 55.4 Å². The maximum absolute atomic E-state index is 4.65. The fourth-order valence-corrected chi connectivity index (χ4v) is 3.14. The van der Waals surface area contributed by atoms with Crippen LogP contribution in [0.4, 0.5) is 0 Å². The molecule has 0 bridgehead atoms. The van der Waals surface area contributed by atoms with Gasteiger partial charge in [0.1, 0.15) is 0 Å². The molecule has 38 heavy (non-hydrogen) atoms. The smallest absolute Gasteiger partial charge is 0.198 e. The molecule has 0 fully saturated rings. The Morgan fingerprint density at radius 2 is 0.737 bits per heavy atom. The first kappa shape index (κ1) is 45.4. The maximum Gasteiger partial charge on any atom is 0.198 e. The van der Waals surface area contributed by atoms with Crippen LogP contribution < -0.4 is 0 Å². The van der Waals surface area contributed by atoms with Crippen LogP contribution >= 0.6 is 46.0 Å². The highest BCUT2D eigenvalue weighted by molar-refractivity contribution is 8.76. The van der Waals surface area contributed by atoms with Crippen LogP contribution in [-0.2, 0) is 0 Å². The van der Waals surface area contributed by atoms with Gasteiger partial charge in [0.2, 0.25) is 0 Å². The summed E-state index contributed by atoms with van der Waals surface area (Å²) in [4.78, 5) is 29.2. The first-order valence-electron chi connectivity index (χ1n) is 11.6. The van der Waals surface area contributed by atoms with Crippen LogP contribution in [0.3, 0.4) is 0 Å². The standard InChI is InChI=1S/C8H6N4S2.2C4H4N2S.4C2H6.2CH4/c1-3-9-7(10-4-1)13-14-8-11-5-2-6-12-8;2*7-4-5-2-1-3-6-4;4*1-2;;/h1-6H;2*1-3H,(H,5,6,7);4*1-2H3;2*1H4. The highest BCUT2D eigenvalue weighted by Crippen LogP contribution is 2.31. The van der Waals surface area contributed by atoms with E-state index < -0.39 is 0 Å². The van der Waals surface area contributed by atoms with Gasteiger partial charge in [-0.15, -0.1) is 0 Å². The number of aromatic nitrogens is 8. The van der Waals surface area contributed by atoms with Gasteiger partial charge in [0, 0.05) is 49.6 Å². The molecular weight excluding hydrogens is 553 g/mol. The lowest BCUT2D eigenvalue weighted by Gasteiger charge is -1.96. The Morgan fingerprint density at radius 3 is 0.921 bits per heavy atom. The molecule has 0 saturated heterocycles. The SMILES string of the molecule is C.C.CC.CC.CC.CC.S=c1nccc[nH]1.S=c1nccc[nH]1.c1cnc(SSc2ncccn2)nc1. The van der Waals surface area contributed by atoms with E-state index in [1.54, 1.807) is 73.8 Å². The molecule has 0 radical (unpaired) electrons. The number of nitrogens with one attached hydrogen (secondary N) is 2. The minimum Gasteiger partial charge on any atom is -0.337 e. The van der Waals surface area contributed by atoms with Gasteiger partial charge in [-0.3, -0.25) is 0 Å². The lowest BCUT2D eigenvalue weighted by molar-refractivity contribution is 0.966. The summed E-state index contributed by atoms with van der Waals surface area (Å²) in [6.07, 6.45) is 13.6. The van der Waals surface area contributed by atoms with E-state index in [-0.39, 0.29) is 14.9 Å². The van der Waals surface area contributed by atoms with Gasteiger partial charge in [-0.1, -0.05) is 70.2 Å². The molecule has 4 aromatic heterocycles. The highest BCUT2D eigenvalue weighted by atomic mass is 33.1. The van der Waals surface area contributed by atoms with Crippen molar-refractivity contribution in [2.45, 2.75) is 80.6 Å². The average Bonchev–Trinajstić information content (AvgIpc) is 2.99. The Bertz CT molecular complexity index is 914. The molecule has 214 valence electrons. The van der Waals surface area contributed by atoms with Crippen molar-refractivity contribution in [3.05, 3.63) is 83.4 Å². The third-order valence-corrected chi connectivity index (χ3v) is 4.83. The zero-order valence-corrected chi connectivity index (χ0v) is 25.5. The van der Waals surface area contributed by atoms with Crippen molar-refractivity contribution in [3.8, 4) is 0 Å². The number of H-pyrrole nitrogens is 2. The van der Waals surface area contributed by atoms with Crippen molar-refractivity contribution in [2.24, 2.45) is 0 Å². The Labute approximate surface area is 248 Å². The summed E-state index contributed by atoms with van der Waals surface area (Å²) in [5, 5.41) is 1.43. The van der Waals surface area contributed by atoms with Gasteiger partial charge in [-0.2, -0.15) is 0 Å². The fraction of sp³-hybridized carbons (Fsp3) is 0.385. The van der Waals surface area contributed by atoms with Crippen LogP contribution in [0.1, 0.15) is 70.2 Å². The molecule has 4 heterocycles. The van der Waals surface area contributed by atoms with Crippen LogP contribution in [0.25, 0.3) is 0 Å². The summed E-state index contributed by atoms with van der Waals surface area (Å²) >= 11 is 9.29. The van der Waals surface area contributed by atoms with Gasteiger partial charge >= 0.3 is 0 Å². The van der Waals surface area contributed by atoms with E-state index in [9.17, 15) is 0 Å². The second-order valence-corrected chi connectivity index (χ2v) is 7.24. The Kier molecular flexibility index (Phi) is 46.6. The topological polar surface area (TPSA) is 109 Å². The summed E-state index contributed by atoms with van der Waals surface area (Å²) in [5.74, 6) is 0. The van der Waals surface area contributed by atoms with Crippen LogP contribution in [-0.4, -0.2) is 39.9 Å². The molecule has 0 amide bonds. The van der Waals surface area contributed by atoms with Crippen LogP contribution in [0.15, 0.2) is 84.2 Å². The van der Waals surface area contributed by atoms with Gasteiger partial charge in [0.05, 0.1) is 0 Å². The summed E-state index contributed by atoms with van der Waals surface area (Å²) in [5.41, 5.74) is 0. The largest absolute Gasteiger partial charge is 0.337 e. The minimum atomic E-state index is 0. The zero-order valence-electron chi connectivity index (χ0n) is 22.2. The zero-order chi connectivity index (χ0) is 27.9. The molecule has 0 aliphatic carbocycles. The summed E-state index contributed by atoms with van der Waals surface area (Å²) in [6, 6.07) is 7.15. The lowest BCUT2D eigenvalue weighted by atomic mass is 10.7. The Hall–Kier alpha value is -2.54. The van der Waals surface area contributed by atoms with E-state index in [4.69, 9.17) is 0 Å². The van der Waals surface area contributed by atoms with Gasteiger partial charge < -0.3 is 9.97 Å². The van der Waals surface area contributed by atoms with Crippen molar-refractivity contribution in [1.82, 2.24) is 39.9 Å². The van der Waals surface area contributed by atoms with Crippen molar-refractivity contribution >= 4 is 46.0 Å². The molecule has 2 N–H and O–H groups in total. The number of rotatable bonds is 3. The van der Waals surface area contributed by atoms with Crippen molar-refractivity contribution in [2.75, 3.05) is 0 Å². The van der Waals surface area contributed by atoms with E-state index in [0.29, 0.717) is 19.9 Å². The molecule has 0 saturated carbocycles. The Morgan fingerprint density at radius 1 is 0.474 bits per heavy atom. The molecule has 0 atom stereocenters. The molecule has 8 nitrogen and oxygen atoms in total. The molecule has 0 aromatic carbocycles. The Balaban J connectivity index is -0.000000131. The average molecular weight is 599 g/mol. The van der Waals surface area contributed by atoms with Gasteiger partial charge in [0.25, 0.3) is 0 Å². The molecular formula is C26H46N8S4. The van der Waals surface area contributed by atoms with Crippen LogP contribution in [0.2, 0.25) is 0 Å².